The van der Waals surface area contributed by atoms with Gasteiger partial charge in [-0.2, -0.15) is 0 Å². The number of sulfonamides is 1. The third kappa shape index (κ3) is 4.76. The van der Waals surface area contributed by atoms with Crippen LogP contribution in [0.15, 0.2) is 23.1 Å². The molecule has 1 saturated heterocycles. The molecule has 7 heteroatoms. The van der Waals surface area contributed by atoms with E-state index in [2.05, 4.69) is 20.8 Å². The lowest BCUT2D eigenvalue weighted by Gasteiger charge is -2.28. The third-order valence-electron chi connectivity index (χ3n) is 3.61. The van der Waals surface area contributed by atoms with Crippen molar-refractivity contribution in [3.05, 3.63) is 29.3 Å². The zero-order valence-electron chi connectivity index (χ0n) is 13.8. The number of carbonyl (C=O) groups is 1. The molecule has 2 rings (SSSR count). The van der Waals surface area contributed by atoms with Crippen molar-refractivity contribution in [3.63, 3.8) is 0 Å². The molecule has 0 atom stereocenters. The summed E-state index contributed by atoms with van der Waals surface area (Å²) in [5, 5.41) is 5.28. The van der Waals surface area contributed by atoms with Crippen molar-refractivity contribution in [2.24, 2.45) is 10.6 Å². The molecule has 0 aromatic heterocycles. The second-order valence-corrected chi connectivity index (χ2v) is 8.55. The van der Waals surface area contributed by atoms with Crippen LogP contribution >= 0.6 is 0 Å². The molecule has 1 aromatic rings. The Morgan fingerprint density at radius 2 is 1.87 bits per heavy atom. The van der Waals surface area contributed by atoms with Gasteiger partial charge in [0.25, 0.3) is 5.91 Å². The summed E-state index contributed by atoms with van der Waals surface area (Å²) in [6, 6.07) is 4.81. The van der Waals surface area contributed by atoms with Gasteiger partial charge in [-0.1, -0.05) is 26.8 Å². The molecule has 0 spiro atoms. The van der Waals surface area contributed by atoms with Crippen molar-refractivity contribution in [2.75, 3.05) is 26.3 Å². The van der Waals surface area contributed by atoms with E-state index in [4.69, 9.17) is 9.88 Å². The van der Waals surface area contributed by atoms with Gasteiger partial charge in [0.2, 0.25) is 10.0 Å². The smallest absolute Gasteiger partial charge is 0.255 e. The first kappa shape index (κ1) is 17.9. The van der Waals surface area contributed by atoms with Gasteiger partial charge >= 0.3 is 0 Å². The monoisotopic (exact) mass is 340 g/mol. The van der Waals surface area contributed by atoms with Crippen LogP contribution in [0, 0.1) is 5.41 Å². The minimum Gasteiger partial charge on any atom is -0.378 e. The number of primary sulfonamides is 1. The minimum absolute atomic E-state index is 0.0301. The van der Waals surface area contributed by atoms with Crippen molar-refractivity contribution < 1.29 is 17.9 Å². The van der Waals surface area contributed by atoms with Crippen LogP contribution in [0.25, 0.3) is 0 Å². The van der Waals surface area contributed by atoms with Crippen molar-refractivity contribution in [1.29, 1.82) is 0 Å². The first-order chi connectivity index (χ1) is 10.6. The van der Waals surface area contributed by atoms with Gasteiger partial charge in [-0.3, -0.25) is 4.79 Å². The van der Waals surface area contributed by atoms with Crippen LogP contribution in [-0.4, -0.2) is 45.5 Å². The summed E-state index contributed by atoms with van der Waals surface area (Å²) in [5.74, 6) is -0.312. The number of benzene rings is 1. The van der Waals surface area contributed by atoms with Crippen molar-refractivity contribution in [2.45, 2.75) is 32.1 Å². The fourth-order valence-electron chi connectivity index (χ4n) is 2.65. The number of amides is 1. The predicted molar refractivity (Wildman–Crippen MR) is 87.7 cm³/mol. The highest BCUT2D eigenvalue weighted by atomic mass is 32.2. The Labute approximate surface area is 137 Å². The third-order valence-corrected chi connectivity index (χ3v) is 4.58. The largest absolute Gasteiger partial charge is 0.378 e. The Kier molecular flexibility index (Phi) is 5.13. The number of ether oxygens (including phenoxy) is 1. The Hall–Kier alpha value is -1.44. The van der Waals surface area contributed by atoms with Gasteiger partial charge in [0, 0.05) is 13.1 Å². The highest BCUT2D eigenvalue weighted by Gasteiger charge is 2.26. The molecule has 23 heavy (non-hydrogen) atoms. The Morgan fingerprint density at radius 3 is 2.39 bits per heavy atom. The van der Waals surface area contributed by atoms with Gasteiger partial charge in [0.1, 0.15) is 0 Å². The summed E-state index contributed by atoms with van der Waals surface area (Å²) in [5.41, 5.74) is 1.10. The lowest BCUT2D eigenvalue weighted by molar-refractivity contribution is 0.0300. The lowest BCUT2D eigenvalue weighted by atomic mass is 9.87. The highest BCUT2D eigenvalue weighted by Crippen LogP contribution is 2.25. The molecule has 128 valence electrons. The topological polar surface area (TPSA) is 89.7 Å². The van der Waals surface area contributed by atoms with E-state index >= 15 is 0 Å². The summed E-state index contributed by atoms with van der Waals surface area (Å²) in [6.07, 6.45) is 0.737. The fourth-order valence-corrected chi connectivity index (χ4v) is 3.36. The van der Waals surface area contributed by atoms with E-state index in [-0.39, 0.29) is 21.8 Å². The molecule has 1 aromatic carbocycles. The number of nitrogens with two attached hydrogens (primary N) is 1. The Balaban J connectivity index is 2.43. The standard InChI is InChI=1S/C16H24N2O4S/c1-16(2,3)11-12-4-5-14(23(17,20)21)13(10-12)15(19)18-6-8-22-9-7-18/h4-5,10H,6-9,11H2,1-3H3,(H2,17,20,21). The van der Waals surface area contributed by atoms with Crippen LogP contribution in [0.1, 0.15) is 36.7 Å². The van der Waals surface area contributed by atoms with Crippen LogP contribution in [-0.2, 0) is 21.2 Å². The maximum Gasteiger partial charge on any atom is 0.255 e. The van der Waals surface area contributed by atoms with E-state index in [1.807, 2.05) is 0 Å². The molecule has 1 fully saturated rings. The normalized spacial score (nSPS) is 16.4. The molecule has 0 bridgehead atoms. The molecule has 0 aliphatic carbocycles. The van der Waals surface area contributed by atoms with E-state index in [1.54, 1.807) is 17.0 Å². The second kappa shape index (κ2) is 6.59. The Bertz CT molecular complexity index is 687. The van der Waals surface area contributed by atoms with Crippen molar-refractivity contribution in [1.82, 2.24) is 4.90 Å². The summed E-state index contributed by atoms with van der Waals surface area (Å²) >= 11 is 0. The summed E-state index contributed by atoms with van der Waals surface area (Å²) in [7, 11) is -3.96. The molecule has 6 nitrogen and oxygen atoms in total. The predicted octanol–water partition coefficient (Wildman–Crippen LogP) is 1.39. The van der Waals surface area contributed by atoms with Gasteiger partial charge in [-0.15, -0.1) is 0 Å². The fraction of sp³-hybridized carbons (Fsp3) is 0.562. The van der Waals surface area contributed by atoms with E-state index < -0.39 is 10.0 Å². The van der Waals surface area contributed by atoms with Crippen molar-refractivity contribution in [3.8, 4) is 0 Å². The minimum atomic E-state index is -3.96. The molecule has 0 saturated carbocycles. The Morgan fingerprint density at radius 1 is 1.26 bits per heavy atom. The van der Waals surface area contributed by atoms with Gasteiger partial charge < -0.3 is 9.64 Å². The van der Waals surface area contributed by atoms with Gasteiger partial charge in [0.15, 0.2) is 0 Å². The molecule has 1 amide bonds. The highest BCUT2D eigenvalue weighted by molar-refractivity contribution is 7.89. The first-order valence-corrected chi connectivity index (χ1v) is 9.15. The van der Waals surface area contributed by atoms with E-state index in [0.717, 1.165) is 12.0 Å². The number of carbonyl (C=O) groups excluding carboxylic acids is 1. The summed E-state index contributed by atoms with van der Waals surface area (Å²) in [6.45, 7) is 8.08. The van der Waals surface area contributed by atoms with Crippen molar-refractivity contribution >= 4 is 15.9 Å². The zero-order chi connectivity index (χ0) is 17.3. The molecule has 0 unspecified atom stereocenters. The van der Waals surface area contributed by atoms with Crippen LogP contribution < -0.4 is 5.14 Å². The number of rotatable bonds is 3. The number of nitrogens with zero attached hydrogens (tertiary/aromatic N) is 1. The molecule has 0 radical (unpaired) electrons. The average Bonchev–Trinajstić information content (AvgIpc) is 2.44. The number of morpholine rings is 1. The first-order valence-electron chi connectivity index (χ1n) is 7.61. The quantitative estimate of drug-likeness (QED) is 0.900. The zero-order valence-corrected chi connectivity index (χ0v) is 14.6. The number of hydrogen-bond acceptors (Lipinski definition) is 4. The number of hydrogen-bond donors (Lipinski definition) is 1. The van der Waals surface area contributed by atoms with Crippen LogP contribution in [0.4, 0.5) is 0 Å². The van der Waals surface area contributed by atoms with E-state index in [9.17, 15) is 13.2 Å². The van der Waals surface area contributed by atoms with E-state index in [1.165, 1.54) is 6.07 Å². The molecular formula is C16H24N2O4S. The summed E-state index contributed by atoms with van der Waals surface area (Å²) < 4.78 is 28.9. The van der Waals surface area contributed by atoms with Gasteiger partial charge in [0.05, 0.1) is 23.7 Å². The summed E-state index contributed by atoms with van der Waals surface area (Å²) in [4.78, 5) is 14.2. The maximum atomic E-state index is 12.7. The maximum absolute atomic E-state index is 12.7. The average molecular weight is 340 g/mol. The van der Waals surface area contributed by atoms with E-state index in [0.29, 0.717) is 26.3 Å². The van der Waals surface area contributed by atoms with Crippen LogP contribution in [0.2, 0.25) is 0 Å². The molecule has 1 heterocycles. The molecule has 1 aliphatic heterocycles. The van der Waals surface area contributed by atoms with Gasteiger partial charge in [-0.05, 0) is 29.5 Å². The van der Waals surface area contributed by atoms with Crippen LogP contribution in [0.3, 0.4) is 0 Å². The SMILES string of the molecule is CC(C)(C)Cc1ccc(S(N)(=O)=O)c(C(=O)N2CCOCC2)c1. The lowest BCUT2D eigenvalue weighted by Crippen LogP contribution is -2.41. The second-order valence-electron chi connectivity index (χ2n) is 7.02. The molecule has 2 N–H and O–H groups in total. The molecular weight excluding hydrogens is 316 g/mol. The van der Waals surface area contributed by atoms with Gasteiger partial charge in [-0.25, -0.2) is 13.6 Å². The molecule has 1 aliphatic rings. The van der Waals surface area contributed by atoms with Crippen LogP contribution in [0.5, 0.6) is 0 Å².